The Morgan fingerprint density at radius 2 is 0.764 bits per heavy atom. The second kappa shape index (κ2) is 13.5. The van der Waals surface area contributed by atoms with Crippen LogP contribution in [0, 0.1) is 27.7 Å². The van der Waals surface area contributed by atoms with E-state index in [9.17, 15) is 18.0 Å². The van der Waals surface area contributed by atoms with Crippen LogP contribution in [0.4, 0.5) is 0 Å². The average Bonchev–Trinajstić information content (AvgIpc) is 3.21. The molecule has 0 fully saturated rings. The molecule has 6 nitrogen and oxygen atoms in total. The van der Waals surface area contributed by atoms with Crippen molar-refractivity contribution in [2.24, 2.45) is 0 Å². The summed E-state index contributed by atoms with van der Waals surface area (Å²) in [6.07, 6.45) is 0. The lowest BCUT2D eigenvalue weighted by molar-refractivity contribution is 0.103. The van der Waals surface area contributed by atoms with Crippen molar-refractivity contribution >= 4 is 64.5 Å². The van der Waals surface area contributed by atoms with E-state index in [2.05, 4.69) is 0 Å². The van der Waals surface area contributed by atoms with Crippen LogP contribution < -0.4 is 9.47 Å². The third-order valence-electron chi connectivity index (χ3n) is 10.9. The maximum atomic E-state index is 13.9. The number of sulfone groups is 1. The molecule has 0 atom stereocenters. The number of hydrogen-bond acceptors (Lipinski definition) is 6. The molecule has 0 spiro atoms. The fourth-order valence-corrected chi connectivity index (χ4v) is 9.00. The Bertz CT molecular complexity index is 2850. The number of methoxy groups -OCH3 is 2. The average molecular weight is 743 g/mol. The normalized spacial score (nSPS) is 11.7. The molecule has 0 aliphatic rings. The molecule has 0 aromatic heterocycles. The van der Waals surface area contributed by atoms with Gasteiger partial charge in [-0.25, -0.2) is 8.42 Å². The number of rotatable bonds is 8. The lowest BCUT2D eigenvalue weighted by Crippen LogP contribution is -2.04. The number of benzene rings is 8. The molecule has 0 saturated heterocycles. The quantitative estimate of drug-likeness (QED) is 0.144. The number of ketones is 2. The summed E-state index contributed by atoms with van der Waals surface area (Å²) in [5.74, 6) is 1.40. The van der Waals surface area contributed by atoms with E-state index in [1.807, 2.05) is 76.2 Å². The summed E-state index contributed by atoms with van der Waals surface area (Å²) >= 11 is 0. The number of hydrogen-bond donors (Lipinski definition) is 0. The van der Waals surface area contributed by atoms with Gasteiger partial charge in [-0.15, -0.1) is 0 Å². The molecule has 55 heavy (non-hydrogen) atoms. The van der Waals surface area contributed by atoms with E-state index in [-0.39, 0.29) is 21.4 Å². The standard InChI is InChI=1S/C48H38O6S/c1-27-19-45(53-5)29(3)41-17-13-37(25-43(27)41)47(49)35-9-7-33-23-39(15-11-31(33)21-35)55(51,52)40-16-12-32-22-36(10-8-34(32)24-40)48(50)38-14-18-42-30(4)46(54-6)20-28(2)44(42)26-38/h7-26H,1-6H3. The molecule has 0 N–H and O–H groups in total. The first-order valence-corrected chi connectivity index (χ1v) is 19.4. The topological polar surface area (TPSA) is 86.7 Å². The number of aryl methyl sites for hydroxylation is 4. The van der Waals surface area contributed by atoms with Crippen LogP contribution >= 0.6 is 0 Å². The van der Waals surface area contributed by atoms with E-state index >= 15 is 0 Å². The molecule has 8 aromatic rings. The Morgan fingerprint density at radius 1 is 0.418 bits per heavy atom. The maximum Gasteiger partial charge on any atom is 0.206 e. The molecule has 0 saturated carbocycles. The van der Waals surface area contributed by atoms with Crippen LogP contribution in [0.2, 0.25) is 0 Å². The molecule has 0 aliphatic carbocycles. The van der Waals surface area contributed by atoms with E-state index in [4.69, 9.17) is 9.47 Å². The number of ether oxygens (including phenoxy) is 2. The van der Waals surface area contributed by atoms with Crippen molar-refractivity contribution in [2.75, 3.05) is 14.2 Å². The molecule has 0 aliphatic heterocycles. The smallest absolute Gasteiger partial charge is 0.206 e. The van der Waals surface area contributed by atoms with Gasteiger partial charge in [0.25, 0.3) is 0 Å². The predicted octanol–water partition coefficient (Wildman–Crippen LogP) is 10.8. The highest BCUT2D eigenvalue weighted by Crippen LogP contribution is 2.34. The highest BCUT2D eigenvalue weighted by atomic mass is 32.2. The van der Waals surface area contributed by atoms with Crippen molar-refractivity contribution in [1.29, 1.82) is 0 Å². The highest BCUT2D eigenvalue weighted by Gasteiger charge is 2.21. The monoisotopic (exact) mass is 742 g/mol. The fourth-order valence-electron chi connectivity index (χ4n) is 7.67. The van der Waals surface area contributed by atoms with Crippen LogP contribution in [-0.4, -0.2) is 34.2 Å². The minimum absolute atomic E-state index is 0.113. The van der Waals surface area contributed by atoms with Gasteiger partial charge >= 0.3 is 0 Å². The number of fused-ring (bicyclic) bond motifs is 4. The van der Waals surface area contributed by atoms with Crippen LogP contribution in [0.1, 0.15) is 54.1 Å². The van der Waals surface area contributed by atoms with E-state index in [1.54, 1.807) is 87.0 Å². The summed E-state index contributed by atoms with van der Waals surface area (Å²) in [5.41, 5.74) is 6.28. The van der Waals surface area contributed by atoms with Gasteiger partial charge in [0.2, 0.25) is 9.84 Å². The van der Waals surface area contributed by atoms with Crippen molar-refractivity contribution in [3.05, 3.63) is 166 Å². The van der Waals surface area contributed by atoms with Crippen LogP contribution in [0.5, 0.6) is 11.5 Å². The second-order valence-corrected chi connectivity index (χ2v) is 16.1. The van der Waals surface area contributed by atoms with Crippen molar-refractivity contribution in [2.45, 2.75) is 37.5 Å². The van der Waals surface area contributed by atoms with Crippen molar-refractivity contribution in [3.8, 4) is 11.5 Å². The Morgan fingerprint density at radius 3 is 1.16 bits per heavy atom. The van der Waals surface area contributed by atoms with Gasteiger partial charge in [-0.1, -0.05) is 60.7 Å². The minimum Gasteiger partial charge on any atom is -0.496 e. The van der Waals surface area contributed by atoms with Crippen LogP contribution in [0.15, 0.2) is 131 Å². The third-order valence-corrected chi connectivity index (χ3v) is 12.6. The lowest BCUT2D eigenvalue weighted by Gasteiger charge is -2.13. The number of carbonyl (C=O) groups is 2. The van der Waals surface area contributed by atoms with Gasteiger partial charge in [0, 0.05) is 22.3 Å². The summed E-state index contributed by atoms with van der Waals surface area (Å²) in [6.45, 7) is 8.02. The Balaban J connectivity index is 1.05. The van der Waals surface area contributed by atoms with Gasteiger partial charge in [0.15, 0.2) is 11.6 Å². The molecule has 8 rings (SSSR count). The third kappa shape index (κ3) is 6.11. The van der Waals surface area contributed by atoms with Crippen LogP contribution in [0.25, 0.3) is 43.1 Å². The van der Waals surface area contributed by atoms with E-state index in [1.165, 1.54) is 0 Å². The summed E-state index contributed by atoms with van der Waals surface area (Å²) in [6, 6.07) is 36.0. The molecule has 272 valence electrons. The van der Waals surface area contributed by atoms with Crippen LogP contribution in [0.3, 0.4) is 0 Å². The minimum atomic E-state index is -3.88. The molecule has 0 radical (unpaired) electrons. The first-order valence-electron chi connectivity index (χ1n) is 18.0. The summed E-state index contributed by atoms with van der Waals surface area (Å²) in [5, 5.41) is 7.00. The lowest BCUT2D eigenvalue weighted by atomic mass is 9.94. The highest BCUT2D eigenvalue weighted by molar-refractivity contribution is 7.91. The SMILES string of the molecule is COc1cc(C)c2cc(C(=O)c3ccc4cc(S(=O)(=O)c5ccc6cc(C(=O)c7ccc8c(C)c(OC)cc(C)c8c7)ccc6c5)ccc4c3)ccc2c1C. The summed E-state index contributed by atoms with van der Waals surface area (Å²) in [4.78, 5) is 27.6. The molecular formula is C48H38O6S. The summed E-state index contributed by atoms with van der Waals surface area (Å²) in [7, 11) is -0.572. The largest absolute Gasteiger partial charge is 0.496 e. The molecule has 0 heterocycles. The van der Waals surface area contributed by atoms with Gasteiger partial charge < -0.3 is 9.47 Å². The zero-order chi connectivity index (χ0) is 38.8. The molecule has 8 aromatic carbocycles. The predicted molar refractivity (Wildman–Crippen MR) is 220 cm³/mol. The second-order valence-electron chi connectivity index (χ2n) is 14.2. The van der Waals surface area contributed by atoms with E-state index < -0.39 is 9.84 Å². The molecule has 0 unspecified atom stereocenters. The number of carbonyl (C=O) groups excluding carboxylic acids is 2. The molecule has 0 bridgehead atoms. The van der Waals surface area contributed by atoms with Gasteiger partial charge in [-0.2, -0.15) is 0 Å². The van der Waals surface area contributed by atoms with Crippen LogP contribution in [-0.2, 0) is 9.84 Å². The van der Waals surface area contributed by atoms with Crippen molar-refractivity contribution in [3.63, 3.8) is 0 Å². The Hall–Kier alpha value is -6.31. The van der Waals surface area contributed by atoms with Gasteiger partial charge in [-0.3, -0.25) is 9.59 Å². The molecule has 0 amide bonds. The van der Waals surface area contributed by atoms with E-state index in [0.717, 1.165) is 66.1 Å². The van der Waals surface area contributed by atoms with Gasteiger partial charge in [-0.05, 0) is 154 Å². The Kier molecular flexibility index (Phi) is 8.78. The first-order chi connectivity index (χ1) is 26.4. The van der Waals surface area contributed by atoms with Gasteiger partial charge in [0.1, 0.15) is 11.5 Å². The zero-order valence-electron chi connectivity index (χ0n) is 31.4. The maximum absolute atomic E-state index is 13.9. The molecule has 7 heteroatoms. The summed E-state index contributed by atoms with van der Waals surface area (Å²) < 4.78 is 38.9. The first kappa shape index (κ1) is 35.7. The molecular weight excluding hydrogens is 705 g/mol. The van der Waals surface area contributed by atoms with E-state index in [0.29, 0.717) is 33.0 Å². The van der Waals surface area contributed by atoms with Crippen molar-refractivity contribution < 1.29 is 27.5 Å². The van der Waals surface area contributed by atoms with Crippen molar-refractivity contribution in [1.82, 2.24) is 0 Å². The fraction of sp³-hybridized carbons (Fsp3) is 0.125. The Labute approximate surface area is 319 Å². The van der Waals surface area contributed by atoms with Gasteiger partial charge in [0.05, 0.1) is 24.0 Å². The zero-order valence-corrected chi connectivity index (χ0v) is 32.2.